The Balaban J connectivity index is 1.59. The number of hydrogen-bond acceptors (Lipinski definition) is 4. The molecule has 2 heterocycles. The first-order valence-corrected chi connectivity index (χ1v) is 9.76. The molecule has 0 unspecified atom stereocenters. The van der Waals surface area contributed by atoms with Crippen molar-refractivity contribution >= 4 is 17.4 Å². The number of benzene rings is 1. The highest BCUT2D eigenvalue weighted by atomic mass is 16.2. The largest absolute Gasteiger partial charge is 0.370 e. The summed E-state index contributed by atoms with van der Waals surface area (Å²) in [4.78, 5) is 21.5. The highest BCUT2D eigenvalue weighted by molar-refractivity contribution is 5.94. The number of amides is 1. The lowest BCUT2D eigenvalue weighted by Crippen LogP contribution is -2.49. The summed E-state index contributed by atoms with van der Waals surface area (Å²) < 4.78 is 0. The smallest absolute Gasteiger partial charge is 0.255 e. The molecule has 0 spiro atoms. The van der Waals surface area contributed by atoms with E-state index in [9.17, 15) is 4.79 Å². The fraction of sp³-hybridized carbons (Fsp3) is 0.455. The van der Waals surface area contributed by atoms with Crippen LogP contribution in [0.5, 0.6) is 0 Å². The molecule has 27 heavy (non-hydrogen) atoms. The summed E-state index contributed by atoms with van der Waals surface area (Å²) >= 11 is 0. The summed E-state index contributed by atoms with van der Waals surface area (Å²) in [5.74, 6) is 1.44. The van der Waals surface area contributed by atoms with Gasteiger partial charge in [0.1, 0.15) is 5.82 Å². The number of carbonyl (C=O) groups excluding carboxylic acids is 1. The molecule has 0 bridgehead atoms. The minimum absolute atomic E-state index is 0.0681. The Kier molecular flexibility index (Phi) is 5.99. The van der Waals surface area contributed by atoms with Crippen LogP contribution in [0.2, 0.25) is 0 Å². The average Bonchev–Trinajstić information content (AvgIpc) is 2.68. The second-order valence-electron chi connectivity index (χ2n) is 7.71. The first-order valence-electron chi connectivity index (χ1n) is 9.76. The molecule has 0 radical (unpaired) electrons. The van der Waals surface area contributed by atoms with E-state index in [-0.39, 0.29) is 5.91 Å². The second kappa shape index (κ2) is 8.42. The third-order valence-electron chi connectivity index (χ3n) is 5.19. The van der Waals surface area contributed by atoms with Crippen LogP contribution < -0.4 is 10.2 Å². The number of nitrogens with one attached hydrogen (secondary N) is 1. The number of pyridine rings is 1. The third-order valence-corrected chi connectivity index (χ3v) is 5.19. The quantitative estimate of drug-likeness (QED) is 0.876. The summed E-state index contributed by atoms with van der Waals surface area (Å²) in [5.41, 5.74) is 4.57. The lowest BCUT2D eigenvalue weighted by Gasteiger charge is -2.37. The van der Waals surface area contributed by atoms with E-state index in [1.165, 1.54) is 16.8 Å². The van der Waals surface area contributed by atoms with Gasteiger partial charge in [-0.2, -0.15) is 0 Å². The zero-order valence-corrected chi connectivity index (χ0v) is 16.8. The van der Waals surface area contributed by atoms with Crippen LogP contribution in [-0.4, -0.2) is 48.5 Å². The topological polar surface area (TPSA) is 48.5 Å². The summed E-state index contributed by atoms with van der Waals surface area (Å²) in [6.45, 7) is 12.7. The molecule has 5 heteroatoms. The lowest BCUT2D eigenvalue weighted by molar-refractivity contribution is 0.0746. The van der Waals surface area contributed by atoms with Gasteiger partial charge < -0.3 is 15.1 Å². The van der Waals surface area contributed by atoms with E-state index in [2.05, 4.69) is 61.1 Å². The first-order chi connectivity index (χ1) is 13.0. The maximum atomic E-state index is 12.8. The Morgan fingerprint density at radius 1 is 1.11 bits per heavy atom. The highest BCUT2D eigenvalue weighted by Gasteiger charge is 2.23. The Hall–Kier alpha value is -2.56. The van der Waals surface area contributed by atoms with Crippen LogP contribution >= 0.6 is 0 Å². The molecule has 1 fully saturated rings. The molecule has 2 aromatic rings. The highest BCUT2D eigenvalue weighted by Crippen LogP contribution is 2.24. The number of rotatable bonds is 5. The van der Waals surface area contributed by atoms with Gasteiger partial charge in [-0.05, 0) is 49.1 Å². The molecular formula is C22H30N4O. The van der Waals surface area contributed by atoms with Gasteiger partial charge in [-0.15, -0.1) is 0 Å². The van der Waals surface area contributed by atoms with Gasteiger partial charge in [0, 0.05) is 44.6 Å². The van der Waals surface area contributed by atoms with Gasteiger partial charge in [0.25, 0.3) is 5.91 Å². The Morgan fingerprint density at radius 3 is 2.48 bits per heavy atom. The second-order valence-corrected chi connectivity index (χ2v) is 7.71. The van der Waals surface area contributed by atoms with Gasteiger partial charge in [0.05, 0.1) is 5.56 Å². The number of aromatic nitrogens is 1. The van der Waals surface area contributed by atoms with Crippen LogP contribution in [-0.2, 0) is 0 Å². The monoisotopic (exact) mass is 366 g/mol. The average molecular weight is 367 g/mol. The van der Waals surface area contributed by atoms with Gasteiger partial charge in [0.15, 0.2) is 0 Å². The zero-order chi connectivity index (χ0) is 19.4. The maximum Gasteiger partial charge on any atom is 0.255 e. The predicted octanol–water partition coefficient (Wildman–Crippen LogP) is 3.73. The Bertz CT molecular complexity index is 777. The van der Waals surface area contributed by atoms with Crippen molar-refractivity contribution in [3.8, 4) is 0 Å². The van der Waals surface area contributed by atoms with E-state index in [0.29, 0.717) is 11.5 Å². The van der Waals surface area contributed by atoms with Crippen LogP contribution in [0, 0.1) is 19.8 Å². The Morgan fingerprint density at radius 2 is 1.85 bits per heavy atom. The van der Waals surface area contributed by atoms with Crippen molar-refractivity contribution in [2.45, 2.75) is 27.7 Å². The maximum absolute atomic E-state index is 12.8. The number of hydrogen-bond donors (Lipinski definition) is 1. The fourth-order valence-corrected chi connectivity index (χ4v) is 3.34. The molecule has 1 amide bonds. The number of carbonyl (C=O) groups is 1. The molecule has 144 valence electrons. The molecule has 1 aromatic carbocycles. The molecular weight excluding hydrogens is 336 g/mol. The van der Waals surface area contributed by atoms with Crippen LogP contribution in [0.1, 0.15) is 35.3 Å². The number of aryl methyl sites for hydroxylation is 1. The summed E-state index contributed by atoms with van der Waals surface area (Å²) in [7, 11) is 0. The van der Waals surface area contributed by atoms with Gasteiger partial charge in [-0.3, -0.25) is 4.79 Å². The van der Waals surface area contributed by atoms with Gasteiger partial charge in [0.2, 0.25) is 0 Å². The number of nitrogens with zero attached hydrogens (tertiary/aromatic N) is 3. The standard InChI is InChI=1S/C22H30N4O/c1-16(2)14-23-21-9-8-19(15-24-21)22(27)26-12-10-25(11-13-26)20-7-5-6-17(3)18(20)4/h5-9,15-16H,10-14H2,1-4H3,(H,23,24). The van der Waals surface area contributed by atoms with Crippen molar-refractivity contribution in [2.24, 2.45) is 5.92 Å². The minimum Gasteiger partial charge on any atom is -0.370 e. The van der Waals surface area contributed by atoms with Crippen molar-refractivity contribution in [2.75, 3.05) is 42.9 Å². The predicted molar refractivity (Wildman–Crippen MR) is 112 cm³/mol. The molecule has 1 saturated heterocycles. The van der Waals surface area contributed by atoms with Gasteiger partial charge in [-0.1, -0.05) is 26.0 Å². The summed E-state index contributed by atoms with van der Waals surface area (Å²) in [5, 5.41) is 3.28. The van der Waals surface area contributed by atoms with E-state index in [4.69, 9.17) is 0 Å². The van der Waals surface area contributed by atoms with Crippen LogP contribution in [0.15, 0.2) is 36.5 Å². The normalized spacial score (nSPS) is 14.6. The van der Waals surface area contributed by atoms with Crippen molar-refractivity contribution in [1.82, 2.24) is 9.88 Å². The molecule has 1 aromatic heterocycles. The minimum atomic E-state index is 0.0681. The van der Waals surface area contributed by atoms with Gasteiger partial charge in [-0.25, -0.2) is 4.98 Å². The molecule has 0 saturated carbocycles. The SMILES string of the molecule is Cc1cccc(N2CCN(C(=O)c3ccc(NCC(C)C)nc3)CC2)c1C. The van der Waals surface area contributed by atoms with Crippen LogP contribution in [0.3, 0.4) is 0 Å². The molecule has 1 N–H and O–H groups in total. The van der Waals surface area contributed by atoms with Crippen molar-refractivity contribution < 1.29 is 4.79 Å². The molecule has 0 aliphatic carbocycles. The fourth-order valence-electron chi connectivity index (χ4n) is 3.34. The van der Waals surface area contributed by atoms with Crippen LogP contribution in [0.25, 0.3) is 0 Å². The molecule has 1 aliphatic rings. The van der Waals surface area contributed by atoms with E-state index in [1.54, 1.807) is 6.20 Å². The van der Waals surface area contributed by atoms with Crippen molar-refractivity contribution in [3.63, 3.8) is 0 Å². The number of anilines is 2. The van der Waals surface area contributed by atoms with E-state index >= 15 is 0 Å². The van der Waals surface area contributed by atoms with Crippen molar-refractivity contribution in [3.05, 3.63) is 53.2 Å². The van der Waals surface area contributed by atoms with E-state index in [0.717, 1.165) is 38.5 Å². The summed E-state index contributed by atoms with van der Waals surface area (Å²) in [6, 6.07) is 10.2. The zero-order valence-electron chi connectivity index (χ0n) is 16.8. The van der Waals surface area contributed by atoms with Gasteiger partial charge >= 0.3 is 0 Å². The molecule has 5 nitrogen and oxygen atoms in total. The summed E-state index contributed by atoms with van der Waals surface area (Å²) in [6.07, 6.45) is 1.68. The third kappa shape index (κ3) is 4.59. The first kappa shape index (κ1) is 19.2. The number of piperazine rings is 1. The van der Waals surface area contributed by atoms with E-state index < -0.39 is 0 Å². The van der Waals surface area contributed by atoms with Crippen LogP contribution in [0.4, 0.5) is 11.5 Å². The van der Waals surface area contributed by atoms with E-state index in [1.807, 2.05) is 17.0 Å². The molecule has 0 atom stereocenters. The molecule has 3 rings (SSSR count). The molecule has 1 aliphatic heterocycles. The van der Waals surface area contributed by atoms with Crippen molar-refractivity contribution in [1.29, 1.82) is 0 Å². The lowest BCUT2D eigenvalue weighted by atomic mass is 10.1. The Labute approximate surface area is 162 Å².